The van der Waals surface area contributed by atoms with Crippen LogP contribution in [-0.4, -0.2) is 14.3 Å². The molecule has 0 saturated heterocycles. The molecule has 0 saturated carbocycles. The predicted octanol–water partition coefficient (Wildman–Crippen LogP) is 4.35. The van der Waals surface area contributed by atoms with Crippen molar-refractivity contribution >= 4 is 33.6 Å². The Balaban J connectivity index is 1.94. The molecule has 22 heavy (non-hydrogen) atoms. The zero-order valence-electron chi connectivity index (χ0n) is 12.5. The molecule has 7 heteroatoms. The second-order valence-corrected chi connectivity index (χ2v) is 6.92. The van der Waals surface area contributed by atoms with Crippen molar-refractivity contribution in [3.05, 3.63) is 51.5 Å². The van der Waals surface area contributed by atoms with E-state index < -0.39 is 4.92 Å². The first kappa shape index (κ1) is 14.5. The van der Waals surface area contributed by atoms with E-state index in [2.05, 4.69) is 31.1 Å². The van der Waals surface area contributed by atoms with Crippen LogP contribution in [0.2, 0.25) is 0 Å². The third-order valence-electron chi connectivity index (χ3n) is 3.42. The summed E-state index contributed by atoms with van der Waals surface area (Å²) in [5.41, 5.74) is 2.06. The Hall–Kier alpha value is -2.41. The van der Waals surface area contributed by atoms with Crippen molar-refractivity contribution in [3.8, 4) is 0 Å². The number of fused-ring (bicyclic) bond motifs is 1. The third kappa shape index (κ3) is 2.55. The average molecular weight is 316 g/mol. The Kier molecular flexibility index (Phi) is 3.37. The maximum atomic E-state index is 11.3. The van der Waals surface area contributed by atoms with Crippen LogP contribution >= 0.6 is 11.3 Å². The molecule has 3 aromatic rings. The van der Waals surface area contributed by atoms with Gasteiger partial charge in [0.2, 0.25) is 5.82 Å². The first-order valence-corrected chi connectivity index (χ1v) is 7.72. The summed E-state index contributed by atoms with van der Waals surface area (Å²) in [6.07, 6.45) is 1.65. The molecule has 6 nitrogen and oxygen atoms in total. The van der Waals surface area contributed by atoms with E-state index in [0.29, 0.717) is 4.96 Å². The number of nitrogens with one attached hydrogen (secondary N) is 1. The topological polar surface area (TPSA) is 72.5 Å². The van der Waals surface area contributed by atoms with Gasteiger partial charge in [-0.1, -0.05) is 44.2 Å². The van der Waals surface area contributed by atoms with Gasteiger partial charge in [0.1, 0.15) is 6.20 Å². The number of aromatic nitrogens is 2. The molecule has 0 bridgehead atoms. The number of hydrogen-bond acceptors (Lipinski definition) is 5. The van der Waals surface area contributed by atoms with Crippen molar-refractivity contribution in [2.45, 2.75) is 26.2 Å². The highest BCUT2D eigenvalue weighted by atomic mass is 32.1. The minimum atomic E-state index is -0.418. The van der Waals surface area contributed by atoms with Crippen molar-refractivity contribution < 1.29 is 4.92 Å². The minimum absolute atomic E-state index is 0.0452. The van der Waals surface area contributed by atoms with Gasteiger partial charge in [-0.3, -0.25) is 0 Å². The maximum absolute atomic E-state index is 11.3. The summed E-state index contributed by atoms with van der Waals surface area (Å²) in [4.78, 5) is 15.7. The van der Waals surface area contributed by atoms with E-state index in [4.69, 9.17) is 0 Å². The fourth-order valence-electron chi connectivity index (χ4n) is 2.22. The molecule has 0 aliphatic heterocycles. The van der Waals surface area contributed by atoms with Gasteiger partial charge in [-0.15, -0.1) is 0 Å². The van der Waals surface area contributed by atoms with Gasteiger partial charge in [0.05, 0.1) is 0 Å². The van der Waals surface area contributed by atoms with Crippen LogP contribution in [0.25, 0.3) is 4.96 Å². The second kappa shape index (κ2) is 5.10. The molecule has 2 heterocycles. The van der Waals surface area contributed by atoms with E-state index in [-0.39, 0.29) is 17.1 Å². The lowest BCUT2D eigenvalue weighted by Crippen LogP contribution is -2.10. The number of rotatable bonds is 3. The summed E-state index contributed by atoms with van der Waals surface area (Å²) in [5.74, 6) is 0.219. The van der Waals surface area contributed by atoms with Crippen molar-refractivity contribution in [2.75, 3.05) is 5.32 Å². The number of anilines is 2. The van der Waals surface area contributed by atoms with Crippen LogP contribution in [0.1, 0.15) is 26.3 Å². The highest BCUT2D eigenvalue weighted by Gasteiger charge is 2.23. The number of nitro groups is 1. The molecule has 0 aliphatic rings. The van der Waals surface area contributed by atoms with Crippen molar-refractivity contribution in [1.82, 2.24) is 9.38 Å². The fraction of sp³-hybridized carbons (Fsp3) is 0.267. The number of hydrogen-bond donors (Lipinski definition) is 1. The van der Waals surface area contributed by atoms with Crippen LogP contribution in [0.4, 0.5) is 17.3 Å². The number of thiazole rings is 1. The summed E-state index contributed by atoms with van der Waals surface area (Å²) in [7, 11) is 0. The third-order valence-corrected chi connectivity index (χ3v) is 4.18. The lowest BCUT2D eigenvalue weighted by atomic mass is 9.87. The van der Waals surface area contributed by atoms with Gasteiger partial charge in [-0.2, -0.15) is 9.38 Å². The van der Waals surface area contributed by atoms with Gasteiger partial charge in [-0.05, 0) is 28.0 Å². The van der Waals surface area contributed by atoms with E-state index in [0.717, 1.165) is 5.69 Å². The molecule has 0 unspecified atom stereocenters. The van der Waals surface area contributed by atoms with Crippen molar-refractivity contribution in [1.29, 1.82) is 0 Å². The smallest absolute Gasteiger partial charge is 0.358 e. The number of benzene rings is 1. The lowest BCUT2D eigenvalue weighted by Gasteiger charge is -2.19. The highest BCUT2D eigenvalue weighted by molar-refractivity contribution is 7.15. The van der Waals surface area contributed by atoms with Gasteiger partial charge in [0, 0.05) is 11.1 Å². The summed E-state index contributed by atoms with van der Waals surface area (Å²) in [5, 5.41) is 16.1. The largest absolute Gasteiger partial charge is 0.373 e. The van der Waals surface area contributed by atoms with Crippen LogP contribution in [0, 0.1) is 10.1 Å². The Morgan fingerprint density at radius 3 is 2.55 bits per heavy atom. The molecule has 0 fully saturated rings. The zero-order chi connectivity index (χ0) is 15.9. The minimum Gasteiger partial charge on any atom is -0.358 e. The summed E-state index contributed by atoms with van der Waals surface area (Å²) in [6.45, 7) is 6.43. The van der Waals surface area contributed by atoms with E-state index in [1.54, 1.807) is 11.6 Å². The van der Waals surface area contributed by atoms with Gasteiger partial charge in [0.15, 0.2) is 0 Å². The summed E-state index contributed by atoms with van der Waals surface area (Å²) in [6, 6.07) is 7.87. The van der Waals surface area contributed by atoms with Gasteiger partial charge in [-0.25, -0.2) is 0 Å². The molecule has 0 atom stereocenters. The van der Waals surface area contributed by atoms with E-state index in [9.17, 15) is 10.1 Å². The summed E-state index contributed by atoms with van der Waals surface area (Å²) >= 11 is 1.36. The number of nitrogens with zero attached hydrogens (tertiary/aromatic N) is 3. The standard InChI is InChI=1S/C15H16N4O2S/c1-15(2,3)10-4-6-11(7-5-10)16-12-13(19(20)21)18-8-9-22-14(18)17-12/h4-9,16H,1-3H3. The SMILES string of the molecule is CC(C)(C)c1ccc(Nc2nc3sccn3c2[N+](=O)[O-])cc1. The second-order valence-electron chi connectivity index (χ2n) is 6.05. The van der Waals surface area contributed by atoms with Crippen LogP contribution in [0.15, 0.2) is 35.8 Å². The van der Waals surface area contributed by atoms with Crippen LogP contribution < -0.4 is 5.32 Å². The molecule has 0 radical (unpaired) electrons. The van der Waals surface area contributed by atoms with Gasteiger partial charge >= 0.3 is 5.82 Å². The summed E-state index contributed by atoms with van der Waals surface area (Å²) < 4.78 is 1.48. The molecule has 2 aromatic heterocycles. The van der Waals surface area contributed by atoms with Gasteiger partial charge in [0.25, 0.3) is 4.96 Å². The molecule has 3 rings (SSSR count). The maximum Gasteiger partial charge on any atom is 0.373 e. The molecule has 0 aliphatic carbocycles. The molecule has 1 aromatic carbocycles. The normalized spacial score (nSPS) is 11.8. The Morgan fingerprint density at radius 2 is 1.95 bits per heavy atom. The van der Waals surface area contributed by atoms with E-state index in [1.165, 1.54) is 21.3 Å². The molecule has 114 valence electrons. The molecule has 0 spiro atoms. The monoisotopic (exact) mass is 316 g/mol. The van der Waals surface area contributed by atoms with Crippen molar-refractivity contribution in [2.24, 2.45) is 0 Å². The van der Waals surface area contributed by atoms with Crippen LogP contribution in [-0.2, 0) is 5.41 Å². The Bertz CT molecular complexity index is 827. The number of imidazole rings is 1. The average Bonchev–Trinajstić information content (AvgIpc) is 2.97. The van der Waals surface area contributed by atoms with Crippen LogP contribution in [0.3, 0.4) is 0 Å². The van der Waals surface area contributed by atoms with Crippen LogP contribution in [0.5, 0.6) is 0 Å². The quantitative estimate of drug-likeness (QED) is 0.576. The van der Waals surface area contributed by atoms with E-state index >= 15 is 0 Å². The van der Waals surface area contributed by atoms with Gasteiger partial charge < -0.3 is 15.4 Å². The molecular formula is C15H16N4O2S. The lowest BCUT2D eigenvalue weighted by molar-refractivity contribution is -0.389. The van der Waals surface area contributed by atoms with E-state index in [1.807, 2.05) is 24.3 Å². The highest BCUT2D eigenvalue weighted by Crippen LogP contribution is 2.31. The molecule has 1 N–H and O–H groups in total. The van der Waals surface area contributed by atoms with Crippen molar-refractivity contribution in [3.63, 3.8) is 0 Å². The zero-order valence-corrected chi connectivity index (χ0v) is 13.3. The Labute approximate surface area is 131 Å². The Morgan fingerprint density at radius 1 is 1.27 bits per heavy atom. The predicted molar refractivity (Wildman–Crippen MR) is 88.1 cm³/mol. The molecule has 0 amide bonds. The first-order chi connectivity index (χ1) is 10.4. The first-order valence-electron chi connectivity index (χ1n) is 6.84. The molecular weight excluding hydrogens is 300 g/mol. The fourth-order valence-corrected chi connectivity index (χ4v) is 2.93.